The van der Waals surface area contributed by atoms with Crippen LogP contribution in [0, 0.1) is 28.6 Å². The number of carbonyl (C=O) groups excluding carboxylic acids is 2. The largest absolute Gasteiger partial charge is 0.490 e. The molecule has 0 radical (unpaired) electrons. The number of piperidine rings is 1. The molecule has 0 atom stereocenters. The molecule has 2 N–H and O–H groups in total. The number of hydrogen-bond acceptors (Lipinski definition) is 7. The zero-order valence-corrected chi connectivity index (χ0v) is 25.0. The molecule has 1 saturated heterocycles. The van der Waals surface area contributed by atoms with Crippen LogP contribution in [0.3, 0.4) is 0 Å². The highest BCUT2D eigenvalue weighted by molar-refractivity contribution is 5.98. The van der Waals surface area contributed by atoms with Crippen molar-refractivity contribution in [2.75, 3.05) is 18.4 Å². The van der Waals surface area contributed by atoms with Gasteiger partial charge in [-0.1, -0.05) is 12.1 Å². The molecule has 0 spiro atoms. The maximum Gasteiger partial charge on any atom is 0.287 e. The number of nitrogens with zero attached hydrogens (tertiary/aromatic N) is 3. The standard InChI is InChI=1S/C36H35N5O4/c37-21-24-1-3-26(4-2-24)23-41-17-15-29(16-18-41)39-36(43)34-20-28-19-30(9-14-33(28)45-34)40-35(42)27-7-12-32(13-8-27)44-31-10-5-25(22-38)6-11-31/h1-6,9-11,14,19-20,27,29,32H,7-8,12-13,15-18,23H2,(H,39,43)(H,40,42)/t27-,32+. The fourth-order valence-electron chi connectivity index (χ4n) is 6.16. The average Bonchev–Trinajstić information content (AvgIpc) is 3.50. The van der Waals surface area contributed by atoms with Crippen molar-refractivity contribution in [2.45, 2.75) is 57.2 Å². The van der Waals surface area contributed by atoms with Gasteiger partial charge in [-0.25, -0.2) is 0 Å². The number of likely N-dealkylation sites (tertiary alicyclic amines) is 1. The van der Waals surface area contributed by atoms with Crippen molar-refractivity contribution in [3.05, 3.63) is 95.2 Å². The number of benzene rings is 3. The van der Waals surface area contributed by atoms with Gasteiger partial charge in [0.1, 0.15) is 11.3 Å². The summed E-state index contributed by atoms with van der Waals surface area (Å²) in [4.78, 5) is 28.4. The molecule has 1 aliphatic heterocycles. The van der Waals surface area contributed by atoms with Crippen molar-refractivity contribution in [3.8, 4) is 17.9 Å². The van der Waals surface area contributed by atoms with E-state index in [0.29, 0.717) is 22.4 Å². The smallest absolute Gasteiger partial charge is 0.287 e. The fraction of sp³-hybridized carbons (Fsp3) is 0.333. The molecular formula is C36H35N5O4. The molecule has 1 aliphatic carbocycles. The van der Waals surface area contributed by atoms with E-state index in [2.05, 4.69) is 27.7 Å². The summed E-state index contributed by atoms with van der Waals surface area (Å²) in [5.74, 6) is 0.655. The van der Waals surface area contributed by atoms with E-state index in [4.69, 9.17) is 19.7 Å². The van der Waals surface area contributed by atoms with E-state index in [9.17, 15) is 9.59 Å². The van der Waals surface area contributed by atoms with Gasteiger partial charge in [0.15, 0.2) is 5.76 Å². The minimum Gasteiger partial charge on any atom is -0.490 e. The average molecular weight is 602 g/mol. The second kappa shape index (κ2) is 13.7. The second-order valence-electron chi connectivity index (χ2n) is 11.9. The highest BCUT2D eigenvalue weighted by Gasteiger charge is 2.28. The number of anilines is 1. The molecule has 4 aromatic rings. The van der Waals surface area contributed by atoms with E-state index in [1.54, 1.807) is 30.3 Å². The lowest BCUT2D eigenvalue weighted by atomic mass is 9.86. The summed E-state index contributed by atoms with van der Waals surface area (Å²) >= 11 is 0. The Bertz CT molecular complexity index is 1730. The summed E-state index contributed by atoms with van der Waals surface area (Å²) in [5.41, 5.74) is 3.70. The number of furan rings is 1. The van der Waals surface area contributed by atoms with Crippen LogP contribution in [-0.4, -0.2) is 41.9 Å². The van der Waals surface area contributed by atoms with Crippen molar-refractivity contribution >= 4 is 28.5 Å². The fourth-order valence-corrected chi connectivity index (χ4v) is 6.16. The first kappa shape index (κ1) is 29.9. The van der Waals surface area contributed by atoms with Gasteiger partial charge in [0.25, 0.3) is 5.91 Å². The molecule has 45 heavy (non-hydrogen) atoms. The molecule has 1 saturated carbocycles. The summed E-state index contributed by atoms with van der Waals surface area (Å²) in [5, 5.41) is 24.9. The van der Waals surface area contributed by atoms with Crippen LogP contribution in [-0.2, 0) is 11.3 Å². The van der Waals surface area contributed by atoms with E-state index >= 15 is 0 Å². The van der Waals surface area contributed by atoms with Crippen LogP contribution in [0.1, 0.15) is 65.8 Å². The number of hydrogen-bond donors (Lipinski definition) is 2. The first-order chi connectivity index (χ1) is 21.9. The van der Waals surface area contributed by atoms with Gasteiger partial charge in [-0.15, -0.1) is 0 Å². The molecule has 228 valence electrons. The first-order valence-corrected chi connectivity index (χ1v) is 15.5. The third kappa shape index (κ3) is 7.52. The van der Waals surface area contributed by atoms with Gasteiger partial charge >= 0.3 is 0 Å². The van der Waals surface area contributed by atoms with Crippen LogP contribution < -0.4 is 15.4 Å². The summed E-state index contributed by atoms with van der Waals surface area (Å²) in [6.07, 6.45) is 4.79. The Kier molecular flexibility index (Phi) is 9.09. The van der Waals surface area contributed by atoms with E-state index in [1.165, 1.54) is 5.56 Å². The minimum atomic E-state index is -0.234. The molecule has 9 heteroatoms. The minimum absolute atomic E-state index is 0.0156. The van der Waals surface area contributed by atoms with E-state index < -0.39 is 0 Å². The van der Waals surface area contributed by atoms with Crippen LogP contribution in [0.5, 0.6) is 5.75 Å². The lowest BCUT2D eigenvalue weighted by Gasteiger charge is -2.32. The lowest BCUT2D eigenvalue weighted by Crippen LogP contribution is -2.44. The summed E-state index contributed by atoms with van der Waals surface area (Å²) in [7, 11) is 0. The normalized spacial score (nSPS) is 18.9. The topological polar surface area (TPSA) is 131 Å². The lowest BCUT2D eigenvalue weighted by molar-refractivity contribution is -0.121. The molecule has 9 nitrogen and oxygen atoms in total. The molecule has 0 unspecified atom stereocenters. The molecule has 6 rings (SSSR count). The van der Waals surface area contributed by atoms with E-state index in [-0.39, 0.29) is 35.6 Å². The van der Waals surface area contributed by atoms with E-state index in [0.717, 1.165) is 69.3 Å². The highest BCUT2D eigenvalue weighted by Crippen LogP contribution is 2.30. The Hall–Kier alpha value is -5.12. The number of carbonyl (C=O) groups is 2. The van der Waals surface area contributed by atoms with Crippen LogP contribution in [0.25, 0.3) is 11.0 Å². The van der Waals surface area contributed by atoms with Gasteiger partial charge in [0.2, 0.25) is 5.91 Å². The SMILES string of the molecule is N#Cc1ccc(CN2CCC(NC(=O)c3cc4cc(NC(=O)[C@H]5CC[C@@H](Oc6ccc(C#N)cc6)CC5)ccc4o3)CC2)cc1. The number of rotatable bonds is 8. The van der Waals surface area contributed by atoms with Gasteiger partial charge in [-0.2, -0.15) is 10.5 Å². The van der Waals surface area contributed by atoms with Crippen LogP contribution in [0.15, 0.2) is 77.2 Å². The Morgan fingerprint density at radius 1 is 0.844 bits per heavy atom. The zero-order chi connectivity index (χ0) is 31.2. The molecular weight excluding hydrogens is 566 g/mol. The van der Waals surface area contributed by atoms with Crippen LogP contribution in [0.2, 0.25) is 0 Å². The van der Waals surface area contributed by atoms with Gasteiger partial charge in [-0.3, -0.25) is 14.5 Å². The Morgan fingerprint density at radius 3 is 2.18 bits per heavy atom. The number of amides is 2. The molecule has 2 aliphatic rings. The Morgan fingerprint density at radius 2 is 1.51 bits per heavy atom. The summed E-state index contributed by atoms with van der Waals surface area (Å²) < 4.78 is 11.9. The summed E-state index contributed by atoms with van der Waals surface area (Å²) in [6, 6.07) is 26.3. The van der Waals surface area contributed by atoms with Crippen molar-refractivity contribution < 1.29 is 18.7 Å². The Labute approximate surface area is 262 Å². The Balaban J connectivity index is 0.964. The zero-order valence-electron chi connectivity index (χ0n) is 25.0. The number of ether oxygens (including phenoxy) is 1. The van der Waals surface area contributed by atoms with Gasteiger partial charge in [0, 0.05) is 42.7 Å². The molecule has 3 aromatic carbocycles. The molecule has 2 amide bonds. The molecule has 0 bridgehead atoms. The highest BCUT2D eigenvalue weighted by atomic mass is 16.5. The van der Waals surface area contributed by atoms with Gasteiger partial charge in [-0.05, 0) is 105 Å². The maximum absolute atomic E-state index is 13.0. The second-order valence-corrected chi connectivity index (χ2v) is 11.9. The van der Waals surface area contributed by atoms with E-state index in [1.807, 2.05) is 42.5 Å². The molecule has 2 fully saturated rings. The van der Waals surface area contributed by atoms with Crippen molar-refractivity contribution in [3.63, 3.8) is 0 Å². The third-order valence-corrected chi connectivity index (χ3v) is 8.75. The van der Waals surface area contributed by atoms with Crippen molar-refractivity contribution in [2.24, 2.45) is 5.92 Å². The van der Waals surface area contributed by atoms with Crippen LogP contribution in [0.4, 0.5) is 5.69 Å². The van der Waals surface area contributed by atoms with Gasteiger partial charge < -0.3 is 19.8 Å². The predicted octanol–water partition coefficient (Wildman–Crippen LogP) is 6.15. The number of nitriles is 2. The predicted molar refractivity (Wildman–Crippen MR) is 169 cm³/mol. The van der Waals surface area contributed by atoms with Gasteiger partial charge in [0.05, 0.1) is 29.4 Å². The number of fused-ring (bicyclic) bond motifs is 1. The van der Waals surface area contributed by atoms with Crippen molar-refractivity contribution in [1.29, 1.82) is 10.5 Å². The first-order valence-electron chi connectivity index (χ1n) is 15.5. The number of nitrogens with one attached hydrogen (secondary N) is 2. The van der Waals surface area contributed by atoms with Crippen molar-refractivity contribution in [1.82, 2.24) is 10.2 Å². The molecule has 1 aromatic heterocycles. The maximum atomic E-state index is 13.0. The van der Waals surface area contributed by atoms with Crippen LogP contribution >= 0.6 is 0 Å². The summed E-state index contributed by atoms with van der Waals surface area (Å²) in [6.45, 7) is 2.57. The third-order valence-electron chi connectivity index (χ3n) is 8.75. The monoisotopic (exact) mass is 601 g/mol. The quantitative estimate of drug-likeness (QED) is 0.248. The molecule has 2 heterocycles.